The Morgan fingerprint density at radius 2 is 1.64 bits per heavy atom. The third-order valence-electron chi connectivity index (χ3n) is 6.76. The van der Waals surface area contributed by atoms with Gasteiger partial charge in [0.2, 0.25) is 0 Å². The number of amides is 1. The number of rotatable bonds is 12. The van der Waals surface area contributed by atoms with Crippen LogP contribution in [0.15, 0.2) is 18.2 Å². The first-order chi connectivity index (χ1) is 19.5. The number of hydrogen-bond donors (Lipinski definition) is 1. The van der Waals surface area contributed by atoms with Gasteiger partial charge in [0.15, 0.2) is 20.4 Å². The Bertz CT molecular complexity index is 1050. The number of carbonyl (C=O) groups excluding carboxylic acids is 1. The van der Waals surface area contributed by atoms with Crippen LogP contribution in [0.1, 0.15) is 118 Å². The van der Waals surface area contributed by atoms with Gasteiger partial charge in [-0.15, -0.1) is 0 Å². The van der Waals surface area contributed by atoms with Crippen molar-refractivity contribution in [2.75, 3.05) is 19.8 Å². The Balaban J connectivity index is 2.40. The van der Waals surface area contributed by atoms with Crippen molar-refractivity contribution < 1.29 is 28.2 Å². The van der Waals surface area contributed by atoms with Crippen LogP contribution >= 0.6 is 0 Å². The van der Waals surface area contributed by atoms with Gasteiger partial charge in [0.25, 0.3) is 0 Å². The van der Waals surface area contributed by atoms with E-state index in [4.69, 9.17) is 23.4 Å². The first-order valence-corrected chi connectivity index (χ1v) is 18.5. The van der Waals surface area contributed by atoms with Gasteiger partial charge in [-0.3, -0.25) is 0 Å². The van der Waals surface area contributed by atoms with Crippen LogP contribution in [-0.2, 0) is 18.6 Å². The molecule has 0 bridgehead atoms. The SMILES string of the molecule is CCCCCCCCOc1ccc(C#CC2(NC(=O)OC(C)(C)C)COC(C)(C)OC2)cc1C(O[SiH](C)C)C(C)(C)C. The number of unbranched alkanes of at least 4 members (excludes halogenated alkanes) is 5. The van der Waals surface area contributed by atoms with Gasteiger partial charge in [-0.2, -0.15) is 0 Å². The molecule has 1 heterocycles. The minimum atomic E-state index is -1.37. The second-order valence-corrected chi connectivity index (χ2v) is 16.6. The molecule has 0 spiro atoms. The molecule has 1 atom stereocenters. The lowest BCUT2D eigenvalue weighted by Crippen LogP contribution is -2.60. The highest BCUT2D eigenvalue weighted by Gasteiger charge is 2.41. The Hall–Kier alpha value is -2.05. The molecule has 8 heteroatoms. The number of ether oxygens (including phenoxy) is 4. The summed E-state index contributed by atoms with van der Waals surface area (Å²) in [6.45, 7) is 23.4. The van der Waals surface area contributed by atoms with Crippen LogP contribution in [-0.4, -0.2) is 51.9 Å². The van der Waals surface area contributed by atoms with E-state index in [-0.39, 0.29) is 24.7 Å². The van der Waals surface area contributed by atoms with E-state index in [9.17, 15) is 4.79 Å². The zero-order chi connectivity index (χ0) is 31.6. The second-order valence-electron chi connectivity index (χ2n) is 14.2. The van der Waals surface area contributed by atoms with Crippen LogP contribution < -0.4 is 10.1 Å². The van der Waals surface area contributed by atoms with Gasteiger partial charge in [0.1, 0.15) is 11.4 Å². The third kappa shape index (κ3) is 12.7. The lowest BCUT2D eigenvalue weighted by atomic mass is 9.84. The Morgan fingerprint density at radius 1 is 1.02 bits per heavy atom. The molecule has 42 heavy (non-hydrogen) atoms. The van der Waals surface area contributed by atoms with Gasteiger partial charge < -0.3 is 28.7 Å². The maximum atomic E-state index is 12.8. The quantitative estimate of drug-likeness (QED) is 0.149. The molecule has 0 aliphatic carbocycles. The van der Waals surface area contributed by atoms with Crippen LogP contribution in [0.3, 0.4) is 0 Å². The highest BCUT2D eigenvalue weighted by atomic mass is 28.3. The summed E-state index contributed by atoms with van der Waals surface area (Å²) >= 11 is 0. The predicted octanol–water partition coefficient (Wildman–Crippen LogP) is 7.91. The lowest BCUT2D eigenvalue weighted by Gasteiger charge is -2.41. The fraction of sp³-hybridized carbons (Fsp3) is 0.735. The first-order valence-electron chi connectivity index (χ1n) is 15.7. The summed E-state index contributed by atoms with van der Waals surface area (Å²) in [4.78, 5) is 12.8. The van der Waals surface area contributed by atoms with E-state index in [2.05, 4.69) is 64.0 Å². The average molecular weight is 604 g/mol. The molecular weight excluding hydrogens is 546 g/mol. The van der Waals surface area contributed by atoms with E-state index in [0.717, 1.165) is 23.3 Å². The second kappa shape index (κ2) is 15.6. The molecule has 1 unspecified atom stereocenters. The minimum absolute atomic E-state index is 0.138. The molecule has 0 aromatic heterocycles. The standard InChI is InChI=1S/C34H57NO6Si/c1-12-13-14-15-16-17-22-37-28-19-18-26(23-27(28)29(31(2,3)4)41-42(10)11)20-21-34(24-38-33(8,9)39-25-34)35-30(36)40-32(5,6)7/h18-19,23,29,42H,12-17,22,24-25H2,1-11H3,(H,35,36). The van der Waals surface area contributed by atoms with Crippen LogP contribution in [0.4, 0.5) is 4.79 Å². The Labute approximate surface area is 257 Å². The summed E-state index contributed by atoms with van der Waals surface area (Å²) in [5.41, 5.74) is -0.0349. The topological polar surface area (TPSA) is 75.3 Å². The minimum Gasteiger partial charge on any atom is -0.493 e. The zero-order valence-electron chi connectivity index (χ0n) is 28.2. The molecule has 1 aromatic carbocycles. The molecule has 1 aliphatic heterocycles. The molecule has 238 valence electrons. The Kier molecular flexibility index (Phi) is 13.4. The summed E-state index contributed by atoms with van der Waals surface area (Å²) in [6, 6.07) is 6.05. The van der Waals surface area contributed by atoms with Gasteiger partial charge in [-0.1, -0.05) is 71.6 Å². The smallest absolute Gasteiger partial charge is 0.409 e. The number of carbonyl (C=O) groups is 1. The maximum Gasteiger partial charge on any atom is 0.409 e. The Morgan fingerprint density at radius 3 is 2.21 bits per heavy atom. The van der Waals surface area contributed by atoms with Crippen molar-refractivity contribution in [3.05, 3.63) is 29.3 Å². The van der Waals surface area contributed by atoms with Crippen molar-refractivity contribution in [1.29, 1.82) is 0 Å². The monoisotopic (exact) mass is 603 g/mol. The summed E-state index contributed by atoms with van der Waals surface area (Å²) in [5.74, 6) is 6.64. The highest BCUT2D eigenvalue weighted by Crippen LogP contribution is 2.41. The van der Waals surface area contributed by atoms with E-state index < -0.39 is 32.1 Å². The van der Waals surface area contributed by atoms with Crippen LogP contribution in [0, 0.1) is 17.3 Å². The number of alkyl carbamates (subject to hydrolysis) is 1. The van der Waals surface area contributed by atoms with Crippen LogP contribution in [0.25, 0.3) is 0 Å². The molecule has 1 fully saturated rings. The molecule has 2 rings (SSSR count). The fourth-order valence-electron chi connectivity index (χ4n) is 4.59. The highest BCUT2D eigenvalue weighted by molar-refractivity contribution is 6.48. The van der Waals surface area contributed by atoms with Crippen molar-refractivity contribution in [1.82, 2.24) is 5.32 Å². The average Bonchev–Trinajstić information content (AvgIpc) is 2.86. The van der Waals surface area contributed by atoms with Crippen molar-refractivity contribution >= 4 is 15.1 Å². The number of nitrogens with one attached hydrogen (secondary N) is 1. The molecule has 1 amide bonds. The summed E-state index contributed by atoms with van der Waals surface area (Å²) < 4.78 is 30.3. The predicted molar refractivity (Wildman–Crippen MR) is 172 cm³/mol. The van der Waals surface area contributed by atoms with Crippen molar-refractivity contribution in [2.24, 2.45) is 5.41 Å². The fourth-order valence-corrected chi connectivity index (χ4v) is 5.69. The van der Waals surface area contributed by atoms with Gasteiger partial charge >= 0.3 is 6.09 Å². The molecule has 1 N–H and O–H groups in total. The van der Waals surface area contributed by atoms with Gasteiger partial charge in [-0.25, -0.2) is 4.79 Å². The van der Waals surface area contributed by atoms with E-state index in [1.54, 1.807) is 0 Å². The molecule has 7 nitrogen and oxygen atoms in total. The summed E-state index contributed by atoms with van der Waals surface area (Å²) in [5, 5.41) is 2.92. The number of benzene rings is 1. The van der Waals surface area contributed by atoms with Gasteiger partial charge in [-0.05, 0) is 77.7 Å². The van der Waals surface area contributed by atoms with Crippen molar-refractivity contribution in [3.8, 4) is 17.6 Å². The number of hydrogen-bond acceptors (Lipinski definition) is 6. The van der Waals surface area contributed by atoms with E-state index >= 15 is 0 Å². The normalized spacial score (nSPS) is 17.2. The largest absolute Gasteiger partial charge is 0.493 e. The molecule has 1 aromatic rings. The van der Waals surface area contributed by atoms with E-state index in [1.165, 1.54) is 32.1 Å². The molecular formula is C34H57NO6Si. The molecule has 1 aliphatic rings. The third-order valence-corrected chi connectivity index (χ3v) is 7.58. The van der Waals surface area contributed by atoms with Crippen molar-refractivity contribution in [3.63, 3.8) is 0 Å². The zero-order valence-corrected chi connectivity index (χ0v) is 29.4. The molecule has 0 saturated carbocycles. The van der Waals surface area contributed by atoms with E-state index in [1.807, 2.05) is 46.8 Å². The van der Waals surface area contributed by atoms with E-state index in [0.29, 0.717) is 6.61 Å². The molecule has 0 radical (unpaired) electrons. The van der Waals surface area contributed by atoms with Gasteiger partial charge in [0, 0.05) is 11.1 Å². The first kappa shape index (κ1) is 36.1. The summed E-state index contributed by atoms with van der Waals surface area (Å²) in [6.07, 6.45) is 6.57. The van der Waals surface area contributed by atoms with Crippen molar-refractivity contribution in [2.45, 2.75) is 137 Å². The van der Waals surface area contributed by atoms with Crippen LogP contribution in [0.5, 0.6) is 5.75 Å². The lowest BCUT2D eigenvalue weighted by molar-refractivity contribution is -0.262. The maximum absolute atomic E-state index is 12.8. The summed E-state index contributed by atoms with van der Waals surface area (Å²) in [7, 11) is -1.37. The van der Waals surface area contributed by atoms with Crippen LogP contribution in [0.2, 0.25) is 13.1 Å². The van der Waals surface area contributed by atoms with Gasteiger partial charge in [0.05, 0.1) is 25.9 Å². The molecule has 1 saturated heterocycles.